The number of carbonyl (C=O) groups excluding carboxylic acids is 2. The van der Waals surface area contributed by atoms with Crippen LogP contribution in [0.25, 0.3) is 0 Å². The Hall–Kier alpha value is -2.21. The van der Waals surface area contributed by atoms with Crippen molar-refractivity contribution in [3.63, 3.8) is 0 Å². The Labute approximate surface area is 159 Å². The van der Waals surface area contributed by atoms with Crippen LogP contribution in [0, 0.1) is 11.7 Å². The molecule has 2 fully saturated rings. The van der Waals surface area contributed by atoms with Crippen molar-refractivity contribution in [1.82, 2.24) is 9.80 Å². The van der Waals surface area contributed by atoms with Crippen molar-refractivity contribution in [3.8, 4) is 0 Å². The molecule has 0 aliphatic carbocycles. The Bertz CT molecular complexity index is 683. The van der Waals surface area contributed by atoms with E-state index in [-0.39, 0.29) is 35.7 Å². The molecule has 1 aromatic rings. The smallest absolute Gasteiger partial charge is 0.245 e. The minimum absolute atomic E-state index is 0.0454. The highest BCUT2D eigenvalue weighted by atomic mass is 19.1. The first-order valence-corrected chi connectivity index (χ1v) is 9.54. The van der Waals surface area contributed by atoms with E-state index in [4.69, 9.17) is 4.74 Å². The van der Waals surface area contributed by atoms with E-state index in [9.17, 15) is 14.0 Å². The first kappa shape index (κ1) is 19.5. The van der Waals surface area contributed by atoms with E-state index < -0.39 is 0 Å². The van der Waals surface area contributed by atoms with Crippen molar-refractivity contribution in [2.45, 2.75) is 37.8 Å². The summed E-state index contributed by atoms with van der Waals surface area (Å²) in [7, 11) is 1.86. The lowest BCUT2D eigenvalue weighted by molar-refractivity contribution is -0.142. The van der Waals surface area contributed by atoms with Gasteiger partial charge in [-0.1, -0.05) is 18.7 Å². The SMILES string of the molecule is C=CC(=O)N1CCC(C(=O)N(C)C2CCOC(c3ccc(F)cc3)C2)CC1. The molecule has 5 nitrogen and oxygen atoms in total. The molecule has 2 heterocycles. The average molecular weight is 374 g/mol. The molecule has 0 N–H and O–H groups in total. The Morgan fingerprint density at radius 1 is 1.22 bits per heavy atom. The normalized spacial score (nSPS) is 23.7. The van der Waals surface area contributed by atoms with Crippen LogP contribution in [-0.2, 0) is 14.3 Å². The molecular weight excluding hydrogens is 347 g/mol. The summed E-state index contributed by atoms with van der Waals surface area (Å²) in [6, 6.07) is 6.48. The third-order valence-electron chi connectivity index (χ3n) is 5.72. The van der Waals surface area contributed by atoms with Crippen molar-refractivity contribution in [3.05, 3.63) is 48.3 Å². The average Bonchev–Trinajstić information content (AvgIpc) is 2.73. The second-order valence-corrected chi connectivity index (χ2v) is 7.34. The van der Waals surface area contributed by atoms with E-state index in [1.54, 1.807) is 17.0 Å². The van der Waals surface area contributed by atoms with E-state index >= 15 is 0 Å². The van der Waals surface area contributed by atoms with E-state index in [0.717, 1.165) is 12.0 Å². The lowest BCUT2D eigenvalue weighted by Crippen LogP contribution is -2.47. The molecule has 0 bridgehead atoms. The van der Waals surface area contributed by atoms with E-state index in [0.29, 0.717) is 39.0 Å². The number of piperidine rings is 1. The van der Waals surface area contributed by atoms with Gasteiger partial charge >= 0.3 is 0 Å². The zero-order valence-electron chi connectivity index (χ0n) is 15.8. The molecule has 27 heavy (non-hydrogen) atoms. The third kappa shape index (κ3) is 4.56. The van der Waals surface area contributed by atoms with Gasteiger partial charge in [-0.15, -0.1) is 0 Å². The number of rotatable bonds is 4. The number of benzene rings is 1. The fourth-order valence-corrected chi connectivity index (χ4v) is 3.98. The number of hydrogen-bond acceptors (Lipinski definition) is 3. The monoisotopic (exact) mass is 374 g/mol. The summed E-state index contributed by atoms with van der Waals surface area (Å²) in [6.07, 6.45) is 4.09. The maximum absolute atomic E-state index is 13.1. The van der Waals surface area contributed by atoms with Crippen LogP contribution in [0.4, 0.5) is 4.39 Å². The van der Waals surface area contributed by atoms with Crippen LogP contribution in [0.15, 0.2) is 36.9 Å². The van der Waals surface area contributed by atoms with Crippen molar-refractivity contribution in [2.75, 3.05) is 26.7 Å². The van der Waals surface area contributed by atoms with Crippen molar-refractivity contribution in [1.29, 1.82) is 0 Å². The fraction of sp³-hybridized carbons (Fsp3) is 0.524. The first-order valence-electron chi connectivity index (χ1n) is 9.54. The summed E-state index contributed by atoms with van der Waals surface area (Å²) >= 11 is 0. The van der Waals surface area contributed by atoms with Crippen LogP contribution < -0.4 is 0 Å². The van der Waals surface area contributed by atoms with Crippen LogP contribution in [0.3, 0.4) is 0 Å². The van der Waals surface area contributed by atoms with Gasteiger partial charge in [-0.25, -0.2) is 4.39 Å². The number of nitrogens with zero attached hydrogens (tertiary/aromatic N) is 2. The van der Waals surface area contributed by atoms with Gasteiger partial charge in [0.1, 0.15) is 5.82 Å². The molecule has 2 aliphatic heterocycles. The fourth-order valence-electron chi connectivity index (χ4n) is 3.98. The van der Waals surface area contributed by atoms with Gasteiger partial charge in [0.25, 0.3) is 0 Å². The summed E-state index contributed by atoms with van der Waals surface area (Å²) in [4.78, 5) is 28.2. The molecule has 6 heteroatoms. The number of ether oxygens (including phenoxy) is 1. The molecule has 0 saturated carbocycles. The number of carbonyl (C=O) groups is 2. The molecule has 146 valence electrons. The van der Waals surface area contributed by atoms with Gasteiger partial charge in [0.05, 0.1) is 6.10 Å². The second kappa shape index (κ2) is 8.65. The van der Waals surface area contributed by atoms with Crippen LogP contribution in [0.5, 0.6) is 0 Å². The predicted octanol–water partition coefficient (Wildman–Crippen LogP) is 2.93. The molecule has 1 aromatic carbocycles. The van der Waals surface area contributed by atoms with E-state index in [1.807, 2.05) is 11.9 Å². The lowest BCUT2D eigenvalue weighted by Gasteiger charge is -2.39. The number of halogens is 1. The second-order valence-electron chi connectivity index (χ2n) is 7.34. The lowest BCUT2D eigenvalue weighted by atomic mass is 9.92. The van der Waals surface area contributed by atoms with Crippen LogP contribution >= 0.6 is 0 Å². The third-order valence-corrected chi connectivity index (χ3v) is 5.72. The van der Waals surface area contributed by atoms with Gasteiger partial charge in [0.2, 0.25) is 11.8 Å². The Balaban J connectivity index is 1.57. The standard InChI is InChI=1S/C21H27FN2O3/c1-3-20(25)24-11-8-16(9-12-24)21(26)23(2)18-10-13-27-19(14-18)15-4-6-17(22)7-5-15/h3-7,16,18-19H,1,8-14H2,2H3. The van der Waals surface area contributed by atoms with E-state index in [1.165, 1.54) is 18.2 Å². The summed E-state index contributed by atoms with van der Waals surface area (Å²) in [5.41, 5.74) is 0.943. The minimum atomic E-state index is -0.264. The summed E-state index contributed by atoms with van der Waals surface area (Å²) in [5.74, 6) is -0.234. The highest BCUT2D eigenvalue weighted by Crippen LogP contribution is 2.31. The molecule has 0 aromatic heterocycles. The van der Waals surface area contributed by atoms with Crippen molar-refractivity contribution in [2.24, 2.45) is 5.92 Å². The molecule has 2 saturated heterocycles. The van der Waals surface area contributed by atoms with E-state index in [2.05, 4.69) is 6.58 Å². The van der Waals surface area contributed by atoms with Crippen LogP contribution in [-0.4, -0.2) is 54.4 Å². The molecule has 2 unspecified atom stereocenters. The number of amides is 2. The molecule has 3 rings (SSSR count). The Morgan fingerprint density at radius 3 is 2.52 bits per heavy atom. The molecule has 0 spiro atoms. The number of likely N-dealkylation sites (tertiary alicyclic amines) is 1. The van der Waals surface area contributed by atoms with Gasteiger partial charge in [-0.05, 0) is 49.5 Å². The highest BCUT2D eigenvalue weighted by molar-refractivity contribution is 5.87. The van der Waals surface area contributed by atoms with Crippen molar-refractivity contribution < 1.29 is 18.7 Å². The Kier molecular flexibility index (Phi) is 6.26. The van der Waals surface area contributed by atoms with Crippen molar-refractivity contribution >= 4 is 11.8 Å². The van der Waals surface area contributed by atoms with Crippen LogP contribution in [0.2, 0.25) is 0 Å². The zero-order chi connectivity index (χ0) is 19.4. The summed E-state index contributed by atoms with van der Waals surface area (Å²) < 4.78 is 19.0. The van der Waals surface area contributed by atoms with Gasteiger partial charge in [0.15, 0.2) is 0 Å². The Morgan fingerprint density at radius 2 is 1.89 bits per heavy atom. The topological polar surface area (TPSA) is 49.9 Å². The quantitative estimate of drug-likeness (QED) is 0.762. The van der Waals surface area contributed by atoms with Gasteiger partial charge < -0.3 is 14.5 Å². The largest absolute Gasteiger partial charge is 0.373 e. The zero-order valence-corrected chi connectivity index (χ0v) is 15.8. The van der Waals surface area contributed by atoms with Gasteiger partial charge in [0, 0.05) is 38.7 Å². The minimum Gasteiger partial charge on any atom is -0.373 e. The molecular formula is C21H27FN2O3. The highest BCUT2D eigenvalue weighted by Gasteiger charge is 2.33. The van der Waals surface area contributed by atoms with Gasteiger partial charge in [-0.2, -0.15) is 0 Å². The van der Waals surface area contributed by atoms with Gasteiger partial charge in [-0.3, -0.25) is 9.59 Å². The maximum atomic E-state index is 13.1. The maximum Gasteiger partial charge on any atom is 0.245 e. The molecule has 2 aliphatic rings. The predicted molar refractivity (Wildman–Crippen MR) is 100 cm³/mol. The number of hydrogen-bond donors (Lipinski definition) is 0. The molecule has 2 amide bonds. The summed E-state index contributed by atoms with van der Waals surface area (Å²) in [5, 5.41) is 0. The molecule has 0 radical (unpaired) electrons. The first-order chi connectivity index (χ1) is 13.0. The molecule has 2 atom stereocenters. The summed E-state index contributed by atoms with van der Waals surface area (Å²) in [6.45, 7) is 5.29. The van der Waals surface area contributed by atoms with Crippen LogP contribution in [0.1, 0.15) is 37.4 Å².